The van der Waals surface area contributed by atoms with Crippen molar-refractivity contribution in [3.05, 3.63) is 29.8 Å². The van der Waals surface area contributed by atoms with Gasteiger partial charge in [0.1, 0.15) is 6.04 Å². The first-order valence-electron chi connectivity index (χ1n) is 7.27. The Morgan fingerprint density at radius 1 is 1.38 bits per heavy atom. The number of aryl methyl sites for hydroxylation is 1. The van der Waals surface area contributed by atoms with E-state index >= 15 is 0 Å². The van der Waals surface area contributed by atoms with Gasteiger partial charge in [0.25, 0.3) is 5.91 Å². The van der Waals surface area contributed by atoms with Crippen molar-refractivity contribution in [1.29, 1.82) is 0 Å². The van der Waals surface area contributed by atoms with E-state index in [1.54, 1.807) is 4.90 Å². The zero-order chi connectivity index (χ0) is 15.2. The second-order valence-corrected chi connectivity index (χ2v) is 5.29. The normalized spacial score (nSPS) is 17.7. The minimum atomic E-state index is -0.406. The van der Waals surface area contributed by atoms with Crippen molar-refractivity contribution < 1.29 is 9.59 Å². The lowest BCUT2D eigenvalue weighted by Gasteiger charge is -2.22. The molecule has 2 rings (SSSR count). The number of hydrogen-bond donors (Lipinski definition) is 1. The summed E-state index contributed by atoms with van der Waals surface area (Å²) in [6, 6.07) is 7.27. The molecule has 1 saturated heterocycles. The van der Waals surface area contributed by atoms with Crippen molar-refractivity contribution >= 4 is 24.2 Å². The molecule has 1 aromatic rings. The summed E-state index contributed by atoms with van der Waals surface area (Å²) >= 11 is 0. The van der Waals surface area contributed by atoms with Gasteiger partial charge < -0.3 is 10.6 Å². The number of hydrogen-bond acceptors (Lipinski definition) is 3. The number of benzene rings is 1. The lowest BCUT2D eigenvalue weighted by molar-refractivity contribution is -0.137. The summed E-state index contributed by atoms with van der Waals surface area (Å²) in [6.45, 7) is 3.90. The van der Waals surface area contributed by atoms with Crippen LogP contribution in [-0.2, 0) is 16.0 Å². The number of para-hydroxylation sites is 1. The molecule has 21 heavy (non-hydrogen) atoms. The first-order chi connectivity index (χ1) is 10.1. The molecule has 5 heteroatoms. The maximum atomic E-state index is 12.2. The Hall–Kier alpha value is -2.17. The number of carbonyl (C=O) groups is 2. The first-order valence-corrected chi connectivity index (χ1v) is 7.27. The first kappa shape index (κ1) is 15.2. The van der Waals surface area contributed by atoms with Gasteiger partial charge in [-0.25, -0.2) is 4.99 Å². The maximum absolute atomic E-state index is 12.2. The van der Waals surface area contributed by atoms with Gasteiger partial charge in [-0.15, -0.1) is 0 Å². The second kappa shape index (κ2) is 7.02. The van der Waals surface area contributed by atoms with E-state index in [1.165, 1.54) is 0 Å². The number of likely N-dealkylation sites (tertiary alicyclic amines) is 1. The van der Waals surface area contributed by atoms with Gasteiger partial charge >= 0.3 is 0 Å². The van der Waals surface area contributed by atoms with Gasteiger partial charge in [-0.2, -0.15) is 0 Å². The molecular formula is C16H21N3O2. The molecule has 2 N–H and O–H groups in total. The highest BCUT2D eigenvalue weighted by Gasteiger charge is 2.32. The Bertz CT molecular complexity index is 542. The van der Waals surface area contributed by atoms with E-state index in [9.17, 15) is 9.59 Å². The largest absolute Gasteiger partial charge is 0.399 e. The van der Waals surface area contributed by atoms with Crippen LogP contribution in [-0.4, -0.2) is 36.0 Å². The third-order valence-corrected chi connectivity index (χ3v) is 3.91. The summed E-state index contributed by atoms with van der Waals surface area (Å²) in [5.41, 5.74) is 7.70. The summed E-state index contributed by atoms with van der Waals surface area (Å²) < 4.78 is 0. The molecular weight excluding hydrogens is 266 g/mol. The van der Waals surface area contributed by atoms with Gasteiger partial charge in [0.15, 0.2) is 0 Å². The SMILES string of the molecule is C=NC(=O)[C@@H]1CCCN1C(=O)CCCc1ccccc1N. The van der Waals surface area contributed by atoms with E-state index in [1.807, 2.05) is 24.3 Å². The van der Waals surface area contributed by atoms with Crippen molar-refractivity contribution in [2.45, 2.75) is 38.1 Å². The van der Waals surface area contributed by atoms with Gasteiger partial charge in [-0.1, -0.05) is 18.2 Å². The van der Waals surface area contributed by atoms with Crippen LogP contribution >= 0.6 is 0 Å². The fraction of sp³-hybridized carbons (Fsp3) is 0.438. The molecule has 0 bridgehead atoms. The summed E-state index contributed by atoms with van der Waals surface area (Å²) in [4.78, 5) is 28.9. The van der Waals surface area contributed by atoms with E-state index in [4.69, 9.17) is 5.73 Å². The van der Waals surface area contributed by atoms with Gasteiger partial charge in [-0.3, -0.25) is 9.59 Å². The highest BCUT2D eigenvalue weighted by Crippen LogP contribution is 2.21. The lowest BCUT2D eigenvalue weighted by Crippen LogP contribution is -2.39. The number of carbonyl (C=O) groups excluding carboxylic acids is 2. The number of nitrogens with two attached hydrogens (primary N) is 1. The van der Waals surface area contributed by atoms with Crippen LogP contribution in [0.1, 0.15) is 31.2 Å². The molecule has 0 unspecified atom stereocenters. The number of amides is 2. The van der Waals surface area contributed by atoms with Crippen LogP contribution in [0.3, 0.4) is 0 Å². The monoisotopic (exact) mass is 287 g/mol. The molecule has 1 aromatic carbocycles. The Morgan fingerprint density at radius 3 is 2.86 bits per heavy atom. The maximum Gasteiger partial charge on any atom is 0.267 e. The highest BCUT2D eigenvalue weighted by atomic mass is 16.2. The lowest BCUT2D eigenvalue weighted by atomic mass is 10.1. The molecule has 0 aliphatic carbocycles. The molecule has 1 aliphatic heterocycles. The molecule has 0 spiro atoms. The number of anilines is 1. The molecule has 2 amide bonds. The molecule has 5 nitrogen and oxygen atoms in total. The molecule has 0 saturated carbocycles. The zero-order valence-electron chi connectivity index (χ0n) is 12.1. The summed E-state index contributed by atoms with van der Waals surface area (Å²) in [7, 11) is 0. The number of aliphatic imine (C=N–C) groups is 1. The van der Waals surface area contributed by atoms with Gasteiger partial charge in [0, 0.05) is 18.7 Å². The van der Waals surface area contributed by atoms with Crippen LogP contribution in [0.25, 0.3) is 0 Å². The molecule has 1 atom stereocenters. The third-order valence-electron chi connectivity index (χ3n) is 3.91. The minimum absolute atomic E-state index is 0.0176. The third kappa shape index (κ3) is 3.68. The van der Waals surface area contributed by atoms with Crippen LogP contribution in [0.5, 0.6) is 0 Å². The fourth-order valence-corrected chi connectivity index (χ4v) is 2.76. The standard InChI is InChI=1S/C16H21N3O2/c1-18-16(21)14-9-5-11-19(14)15(20)10-4-7-12-6-2-3-8-13(12)17/h2-3,6,8,14H,1,4-5,7,9-11,17H2/t14-/m0/s1. The topological polar surface area (TPSA) is 75.8 Å². The van der Waals surface area contributed by atoms with E-state index in [-0.39, 0.29) is 11.8 Å². The van der Waals surface area contributed by atoms with Crippen LogP contribution < -0.4 is 5.73 Å². The van der Waals surface area contributed by atoms with Crippen molar-refractivity contribution in [2.24, 2.45) is 4.99 Å². The predicted molar refractivity (Wildman–Crippen MR) is 83.1 cm³/mol. The van der Waals surface area contributed by atoms with Crippen molar-refractivity contribution in [1.82, 2.24) is 4.90 Å². The summed E-state index contributed by atoms with van der Waals surface area (Å²) in [5.74, 6) is -0.280. The summed E-state index contributed by atoms with van der Waals surface area (Å²) in [5, 5.41) is 0. The quantitative estimate of drug-likeness (QED) is 0.663. The van der Waals surface area contributed by atoms with E-state index in [0.29, 0.717) is 19.4 Å². The minimum Gasteiger partial charge on any atom is -0.399 e. The molecule has 0 radical (unpaired) electrons. The summed E-state index contributed by atoms with van der Waals surface area (Å²) in [6.07, 6.45) is 3.46. The number of nitrogens with zero attached hydrogens (tertiary/aromatic N) is 2. The molecule has 1 fully saturated rings. The van der Waals surface area contributed by atoms with E-state index in [2.05, 4.69) is 11.7 Å². The highest BCUT2D eigenvalue weighted by molar-refractivity contribution is 5.90. The zero-order valence-corrected chi connectivity index (χ0v) is 12.1. The van der Waals surface area contributed by atoms with Gasteiger partial charge in [-0.05, 0) is 44.0 Å². The van der Waals surface area contributed by atoms with Crippen LogP contribution in [0.4, 0.5) is 5.69 Å². The number of rotatable bonds is 5. The predicted octanol–water partition coefficient (Wildman–Crippen LogP) is 1.81. The molecule has 1 heterocycles. The van der Waals surface area contributed by atoms with Crippen LogP contribution in [0.15, 0.2) is 29.3 Å². The second-order valence-electron chi connectivity index (χ2n) is 5.29. The van der Waals surface area contributed by atoms with Crippen molar-refractivity contribution in [3.8, 4) is 0 Å². The Balaban J connectivity index is 1.86. The molecule has 0 aromatic heterocycles. The number of nitrogen functional groups attached to an aromatic ring is 1. The average Bonchev–Trinajstić information content (AvgIpc) is 2.98. The van der Waals surface area contributed by atoms with Crippen molar-refractivity contribution in [3.63, 3.8) is 0 Å². The Morgan fingerprint density at radius 2 is 2.14 bits per heavy atom. The molecule has 112 valence electrons. The van der Waals surface area contributed by atoms with Crippen LogP contribution in [0, 0.1) is 0 Å². The van der Waals surface area contributed by atoms with Crippen LogP contribution in [0.2, 0.25) is 0 Å². The Kier molecular flexibility index (Phi) is 5.09. The smallest absolute Gasteiger partial charge is 0.267 e. The van der Waals surface area contributed by atoms with Gasteiger partial charge in [0.2, 0.25) is 5.91 Å². The van der Waals surface area contributed by atoms with Gasteiger partial charge in [0.05, 0.1) is 0 Å². The molecule has 1 aliphatic rings. The average molecular weight is 287 g/mol. The van der Waals surface area contributed by atoms with Crippen molar-refractivity contribution in [2.75, 3.05) is 12.3 Å². The van der Waals surface area contributed by atoms with E-state index in [0.717, 1.165) is 30.5 Å². The van der Waals surface area contributed by atoms with E-state index < -0.39 is 6.04 Å². The Labute approximate surface area is 124 Å². The fourth-order valence-electron chi connectivity index (χ4n) is 2.76.